The summed E-state index contributed by atoms with van der Waals surface area (Å²) in [4.78, 5) is 14.2. The van der Waals surface area contributed by atoms with Gasteiger partial charge in [0.25, 0.3) is 0 Å². The number of rotatable bonds is 1. The van der Waals surface area contributed by atoms with Gasteiger partial charge in [-0.1, -0.05) is 0 Å². The largest absolute Gasteiger partial charge is 0.416 e. The molecule has 0 saturated carbocycles. The Bertz CT molecular complexity index is 332. The van der Waals surface area contributed by atoms with Crippen molar-refractivity contribution in [3.63, 3.8) is 0 Å². The minimum Gasteiger partial charge on any atom is -0.293 e. The smallest absolute Gasteiger partial charge is 0.293 e. The topological polar surface area (TPSA) is 30.0 Å². The first kappa shape index (κ1) is 9.70. The van der Waals surface area contributed by atoms with Gasteiger partial charge in [-0.3, -0.25) is 9.78 Å². The van der Waals surface area contributed by atoms with Crippen molar-refractivity contribution in [3.8, 4) is 0 Å². The molecular weight excluding hydrogens is 183 g/mol. The SMILES string of the molecule is CC(=O)c1cc(C(F)(F)F)ccn1. The van der Waals surface area contributed by atoms with Gasteiger partial charge in [0, 0.05) is 13.1 Å². The Morgan fingerprint density at radius 3 is 2.54 bits per heavy atom. The van der Waals surface area contributed by atoms with Crippen LogP contribution in [0.4, 0.5) is 13.2 Å². The molecule has 13 heavy (non-hydrogen) atoms. The summed E-state index contributed by atoms with van der Waals surface area (Å²) in [6.45, 7) is 1.17. The Balaban J connectivity index is 3.13. The number of hydrogen-bond acceptors (Lipinski definition) is 2. The summed E-state index contributed by atoms with van der Waals surface area (Å²) in [5.41, 5.74) is -1.03. The molecule has 0 amide bonds. The predicted molar refractivity (Wildman–Crippen MR) is 39.2 cm³/mol. The minimum atomic E-state index is -4.42. The van der Waals surface area contributed by atoms with Gasteiger partial charge in [0.2, 0.25) is 0 Å². The molecule has 0 unspecified atom stereocenters. The number of ketones is 1. The number of alkyl halides is 3. The number of hydrogen-bond donors (Lipinski definition) is 0. The van der Waals surface area contributed by atoms with E-state index in [1.54, 1.807) is 0 Å². The van der Waals surface area contributed by atoms with E-state index in [-0.39, 0.29) is 5.69 Å². The normalized spacial score (nSPS) is 11.4. The van der Waals surface area contributed by atoms with Crippen LogP contribution >= 0.6 is 0 Å². The van der Waals surface area contributed by atoms with Crippen LogP contribution in [0.5, 0.6) is 0 Å². The first-order valence-corrected chi connectivity index (χ1v) is 3.45. The van der Waals surface area contributed by atoms with Crippen LogP contribution < -0.4 is 0 Å². The fourth-order valence-corrected chi connectivity index (χ4v) is 0.799. The van der Waals surface area contributed by atoms with Crippen molar-refractivity contribution in [1.82, 2.24) is 4.98 Å². The fourth-order valence-electron chi connectivity index (χ4n) is 0.799. The summed E-state index contributed by atoms with van der Waals surface area (Å²) < 4.78 is 36.3. The van der Waals surface area contributed by atoms with Crippen LogP contribution in [-0.2, 0) is 6.18 Å². The molecule has 0 aliphatic heterocycles. The first-order chi connectivity index (χ1) is 5.91. The van der Waals surface area contributed by atoms with Crippen molar-refractivity contribution in [2.45, 2.75) is 13.1 Å². The number of nitrogens with zero attached hydrogens (tertiary/aromatic N) is 1. The third-order valence-electron chi connectivity index (χ3n) is 1.45. The lowest BCUT2D eigenvalue weighted by atomic mass is 10.2. The fraction of sp³-hybridized carbons (Fsp3) is 0.250. The predicted octanol–water partition coefficient (Wildman–Crippen LogP) is 2.30. The van der Waals surface area contributed by atoms with Gasteiger partial charge in [0.1, 0.15) is 5.69 Å². The molecule has 0 bridgehead atoms. The molecule has 1 aromatic heterocycles. The molecule has 70 valence electrons. The van der Waals surface area contributed by atoms with E-state index >= 15 is 0 Å². The molecule has 1 heterocycles. The Labute approximate surface area is 72.4 Å². The molecule has 0 fully saturated rings. The molecule has 1 aromatic rings. The standard InChI is InChI=1S/C8H6F3NO/c1-5(13)7-4-6(2-3-12-7)8(9,10)11/h2-4H,1H3. The van der Waals surface area contributed by atoms with Crippen LogP contribution in [0.3, 0.4) is 0 Å². The maximum Gasteiger partial charge on any atom is 0.416 e. The zero-order valence-electron chi connectivity index (χ0n) is 6.72. The Kier molecular flexibility index (Phi) is 2.36. The van der Waals surface area contributed by atoms with Gasteiger partial charge in [-0.25, -0.2) is 0 Å². The minimum absolute atomic E-state index is 0.171. The highest BCUT2D eigenvalue weighted by Gasteiger charge is 2.30. The molecule has 0 N–H and O–H groups in total. The second-order valence-corrected chi connectivity index (χ2v) is 2.48. The zero-order chi connectivity index (χ0) is 10.1. The van der Waals surface area contributed by atoms with Gasteiger partial charge in [0.05, 0.1) is 5.56 Å². The maximum absolute atomic E-state index is 12.1. The van der Waals surface area contributed by atoms with E-state index in [0.29, 0.717) is 0 Å². The lowest BCUT2D eigenvalue weighted by Crippen LogP contribution is -2.07. The van der Waals surface area contributed by atoms with E-state index in [2.05, 4.69) is 4.98 Å². The summed E-state index contributed by atoms with van der Waals surface area (Å²) in [7, 11) is 0. The average Bonchev–Trinajstić information content (AvgIpc) is 2.03. The van der Waals surface area contributed by atoms with Gasteiger partial charge < -0.3 is 0 Å². The molecule has 0 saturated heterocycles. The molecule has 0 aromatic carbocycles. The summed E-state index contributed by atoms with van der Waals surface area (Å²) in [6.07, 6.45) is -3.45. The third kappa shape index (κ3) is 2.27. The van der Waals surface area contributed by atoms with Crippen LogP contribution in [0.25, 0.3) is 0 Å². The third-order valence-corrected chi connectivity index (χ3v) is 1.45. The molecular formula is C8H6F3NO. The van der Waals surface area contributed by atoms with Crippen LogP contribution in [0, 0.1) is 0 Å². The van der Waals surface area contributed by atoms with Gasteiger partial charge in [-0.15, -0.1) is 0 Å². The van der Waals surface area contributed by atoms with Crippen LogP contribution in [0.2, 0.25) is 0 Å². The number of pyridine rings is 1. The van der Waals surface area contributed by atoms with Crippen LogP contribution in [0.1, 0.15) is 23.0 Å². The number of Topliss-reactive ketones (excluding diaryl/α,β-unsaturated/α-hetero) is 1. The van der Waals surface area contributed by atoms with E-state index in [1.807, 2.05) is 0 Å². The highest BCUT2D eigenvalue weighted by Crippen LogP contribution is 2.28. The highest BCUT2D eigenvalue weighted by atomic mass is 19.4. The quantitative estimate of drug-likeness (QED) is 0.634. The lowest BCUT2D eigenvalue weighted by molar-refractivity contribution is -0.137. The number of aromatic nitrogens is 1. The Morgan fingerprint density at radius 1 is 1.46 bits per heavy atom. The molecule has 1 rings (SSSR count). The van der Waals surface area contributed by atoms with Gasteiger partial charge in [-0.05, 0) is 12.1 Å². The van der Waals surface area contributed by atoms with E-state index in [9.17, 15) is 18.0 Å². The number of carbonyl (C=O) groups is 1. The van der Waals surface area contributed by atoms with Crippen molar-refractivity contribution in [2.75, 3.05) is 0 Å². The highest BCUT2D eigenvalue weighted by molar-refractivity contribution is 5.92. The Hall–Kier alpha value is -1.39. The second kappa shape index (κ2) is 3.16. The summed E-state index contributed by atoms with van der Waals surface area (Å²) in [5, 5.41) is 0. The molecule has 0 aliphatic rings. The van der Waals surface area contributed by atoms with Gasteiger partial charge in [-0.2, -0.15) is 13.2 Å². The van der Waals surface area contributed by atoms with E-state index in [1.165, 1.54) is 6.92 Å². The monoisotopic (exact) mass is 189 g/mol. The van der Waals surface area contributed by atoms with Crippen LogP contribution in [0.15, 0.2) is 18.3 Å². The number of carbonyl (C=O) groups excluding carboxylic acids is 1. The van der Waals surface area contributed by atoms with Crippen molar-refractivity contribution in [2.24, 2.45) is 0 Å². The summed E-state index contributed by atoms with van der Waals surface area (Å²) in [6, 6.07) is 1.56. The molecule has 0 radical (unpaired) electrons. The van der Waals surface area contributed by atoms with E-state index in [4.69, 9.17) is 0 Å². The molecule has 2 nitrogen and oxygen atoms in total. The van der Waals surface area contributed by atoms with Crippen molar-refractivity contribution in [1.29, 1.82) is 0 Å². The first-order valence-electron chi connectivity index (χ1n) is 3.45. The Morgan fingerprint density at radius 2 is 2.08 bits per heavy atom. The molecule has 0 atom stereocenters. The lowest BCUT2D eigenvalue weighted by Gasteiger charge is -2.06. The molecule has 0 aliphatic carbocycles. The molecule has 0 spiro atoms. The van der Waals surface area contributed by atoms with E-state index < -0.39 is 17.5 Å². The molecule has 5 heteroatoms. The zero-order valence-corrected chi connectivity index (χ0v) is 6.72. The van der Waals surface area contributed by atoms with Crippen molar-refractivity contribution < 1.29 is 18.0 Å². The van der Waals surface area contributed by atoms with Gasteiger partial charge >= 0.3 is 6.18 Å². The average molecular weight is 189 g/mol. The summed E-state index contributed by atoms with van der Waals surface area (Å²) >= 11 is 0. The van der Waals surface area contributed by atoms with Crippen molar-refractivity contribution in [3.05, 3.63) is 29.6 Å². The van der Waals surface area contributed by atoms with Crippen molar-refractivity contribution >= 4 is 5.78 Å². The second-order valence-electron chi connectivity index (χ2n) is 2.48. The van der Waals surface area contributed by atoms with E-state index in [0.717, 1.165) is 18.3 Å². The number of halogens is 3. The maximum atomic E-state index is 12.1. The van der Waals surface area contributed by atoms with Gasteiger partial charge in [0.15, 0.2) is 5.78 Å². The van der Waals surface area contributed by atoms with Crippen LogP contribution in [-0.4, -0.2) is 10.8 Å². The summed E-state index contributed by atoms with van der Waals surface area (Å²) in [5.74, 6) is -0.480.